The molecule has 2 aromatic heterocycles. The number of anilines is 1. The van der Waals surface area contributed by atoms with E-state index in [1.54, 1.807) is 35.8 Å². The fraction of sp³-hybridized carbons (Fsp3) is 0.318. The molecular formula is C22H20ClN7O3. The van der Waals surface area contributed by atoms with Gasteiger partial charge >= 0.3 is 6.09 Å². The molecule has 0 unspecified atom stereocenters. The van der Waals surface area contributed by atoms with Crippen molar-refractivity contribution >= 4 is 34.8 Å². The number of carboxylic acid groups (broad SMARTS) is 1. The predicted molar refractivity (Wildman–Crippen MR) is 122 cm³/mol. The molecule has 1 amide bonds. The molecule has 1 aromatic carbocycles. The number of benzene rings is 1. The number of carbonyl (C=O) groups is 1. The van der Waals surface area contributed by atoms with Gasteiger partial charge in [0.05, 0.1) is 24.7 Å². The van der Waals surface area contributed by atoms with Crippen LogP contribution in [0.1, 0.15) is 18.1 Å². The molecule has 0 saturated carbocycles. The molecule has 10 nitrogen and oxygen atoms in total. The molecule has 168 valence electrons. The molecule has 1 fully saturated rings. The first-order valence-corrected chi connectivity index (χ1v) is 10.6. The van der Waals surface area contributed by atoms with Crippen molar-refractivity contribution in [3.8, 4) is 17.9 Å². The summed E-state index contributed by atoms with van der Waals surface area (Å²) in [4.78, 5) is 36.9. The Balaban J connectivity index is 1.81. The smallest absolute Gasteiger partial charge is 0.407 e. The number of nitrogens with zero attached hydrogens (tertiary/aromatic N) is 7. The number of imidazole rings is 1. The Bertz CT molecular complexity index is 1390. The second-order valence-corrected chi connectivity index (χ2v) is 7.73. The van der Waals surface area contributed by atoms with Crippen LogP contribution in [0.4, 0.5) is 10.7 Å². The van der Waals surface area contributed by atoms with Crippen LogP contribution in [0.3, 0.4) is 0 Å². The Morgan fingerprint density at radius 3 is 2.58 bits per heavy atom. The summed E-state index contributed by atoms with van der Waals surface area (Å²) in [5.74, 6) is 6.29. The first kappa shape index (κ1) is 22.2. The fourth-order valence-electron chi connectivity index (χ4n) is 3.80. The van der Waals surface area contributed by atoms with Crippen molar-refractivity contribution in [1.29, 1.82) is 5.26 Å². The maximum atomic E-state index is 13.5. The van der Waals surface area contributed by atoms with Gasteiger partial charge in [-0.05, 0) is 30.2 Å². The van der Waals surface area contributed by atoms with Crippen LogP contribution in [0.2, 0.25) is 5.28 Å². The van der Waals surface area contributed by atoms with E-state index in [1.807, 2.05) is 4.90 Å². The lowest BCUT2D eigenvalue weighted by Crippen LogP contribution is -2.49. The van der Waals surface area contributed by atoms with E-state index in [0.717, 1.165) is 0 Å². The minimum absolute atomic E-state index is 0.0336. The average Bonchev–Trinajstić information content (AvgIpc) is 3.18. The topological polar surface area (TPSA) is 120 Å². The third kappa shape index (κ3) is 4.21. The molecule has 0 atom stereocenters. The highest BCUT2D eigenvalue weighted by molar-refractivity contribution is 6.28. The van der Waals surface area contributed by atoms with Gasteiger partial charge in [0.25, 0.3) is 5.56 Å². The molecule has 11 heteroatoms. The molecular weight excluding hydrogens is 446 g/mol. The van der Waals surface area contributed by atoms with Crippen molar-refractivity contribution in [2.75, 3.05) is 31.1 Å². The van der Waals surface area contributed by atoms with Crippen molar-refractivity contribution in [2.24, 2.45) is 0 Å². The van der Waals surface area contributed by atoms with Gasteiger partial charge < -0.3 is 14.9 Å². The molecule has 4 rings (SSSR count). The van der Waals surface area contributed by atoms with Crippen molar-refractivity contribution < 1.29 is 9.90 Å². The quantitative estimate of drug-likeness (QED) is 0.462. The minimum Gasteiger partial charge on any atom is -0.465 e. The zero-order chi connectivity index (χ0) is 23.5. The third-order valence-corrected chi connectivity index (χ3v) is 5.80. The van der Waals surface area contributed by atoms with Gasteiger partial charge in [0.1, 0.15) is 0 Å². The molecule has 0 radical (unpaired) electrons. The molecule has 0 spiro atoms. The Morgan fingerprint density at radius 2 is 1.91 bits per heavy atom. The minimum atomic E-state index is -0.964. The normalized spacial score (nSPS) is 13.5. The SMILES string of the molecule is CC#CCn1c(N2CCN(C(=O)O)CC2)nc2nc(Cl)n(Cc3ccccc3C#N)c(=O)c21. The van der Waals surface area contributed by atoms with E-state index in [9.17, 15) is 20.0 Å². The molecule has 33 heavy (non-hydrogen) atoms. The number of fused-ring (bicyclic) bond motifs is 1. The number of rotatable bonds is 4. The van der Waals surface area contributed by atoms with E-state index in [1.165, 1.54) is 9.47 Å². The maximum absolute atomic E-state index is 13.5. The molecule has 3 heterocycles. The monoisotopic (exact) mass is 465 g/mol. The highest BCUT2D eigenvalue weighted by atomic mass is 35.5. The van der Waals surface area contributed by atoms with Crippen LogP contribution >= 0.6 is 11.6 Å². The molecule has 0 bridgehead atoms. The van der Waals surface area contributed by atoms with E-state index < -0.39 is 11.7 Å². The van der Waals surface area contributed by atoms with Crippen molar-refractivity contribution in [3.63, 3.8) is 0 Å². The highest BCUT2D eigenvalue weighted by Crippen LogP contribution is 2.22. The summed E-state index contributed by atoms with van der Waals surface area (Å²) in [6, 6.07) is 9.10. The number of aromatic nitrogens is 4. The zero-order valence-corrected chi connectivity index (χ0v) is 18.6. The number of nitriles is 1. The van der Waals surface area contributed by atoms with Crippen LogP contribution in [0.25, 0.3) is 11.2 Å². The predicted octanol–water partition coefficient (Wildman–Crippen LogP) is 1.99. The summed E-state index contributed by atoms with van der Waals surface area (Å²) in [5.41, 5.74) is 1.16. The second kappa shape index (κ2) is 9.23. The van der Waals surface area contributed by atoms with E-state index >= 15 is 0 Å². The maximum Gasteiger partial charge on any atom is 0.407 e. The summed E-state index contributed by atoms with van der Waals surface area (Å²) in [6.45, 7) is 3.50. The van der Waals surface area contributed by atoms with E-state index in [-0.39, 0.29) is 29.5 Å². The summed E-state index contributed by atoms with van der Waals surface area (Å²) >= 11 is 6.37. The fourth-order valence-corrected chi connectivity index (χ4v) is 4.02. The van der Waals surface area contributed by atoms with Gasteiger partial charge in [-0.15, -0.1) is 5.92 Å². The molecule has 0 aliphatic carbocycles. The standard InChI is InChI=1S/C22H20ClN7O3/c1-2-3-8-29-17-18(26-21(29)27-9-11-28(12-10-27)22(32)33)25-20(23)30(19(17)31)14-16-7-5-4-6-15(16)13-24/h4-7H,8-12,14H2,1H3,(H,32,33). The third-order valence-electron chi connectivity index (χ3n) is 5.51. The molecule has 3 aromatic rings. The van der Waals surface area contributed by atoms with Gasteiger partial charge in [-0.1, -0.05) is 24.1 Å². The second-order valence-electron chi connectivity index (χ2n) is 7.39. The van der Waals surface area contributed by atoms with Crippen LogP contribution < -0.4 is 10.5 Å². The summed E-state index contributed by atoms with van der Waals surface area (Å²) in [7, 11) is 0. The van der Waals surface area contributed by atoms with E-state index in [0.29, 0.717) is 43.3 Å². The number of hydrogen-bond donors (Lipinski definition) is 1. The lowest BCUT2D eigenvalue weighted by Gasteiger charge is -2.33. The average molecular weight is 466 g/mol. The Hall–Kier alpha value is -4.02. The number of amides is 1. The number of halogens is 1. The first-order chi connectivity index (χ1) is 15.9. The van der Waals surface area contributed by atoms with Crippen LogP contribution in [0.15, 0.2) is 29.1 Å². The zero-order valence-electron chi connectivity index (χ0n) is 17.8. The summed E-state index contributed by atoms with van der Waals surface area (Å²) < 4.78 is 3.00. The first-order valence-electron chi connectivity index (χ1n) is 10.2. The Morgan fingerprint density at radius 1 is 1.18 bits per heavy atom. The van der Waals surface area contributed by atoms with Crippen LogP contribution in [0.5, 0.6) is 0 Å². The summed E-state index contributed by atoms with van der Waals surface area (Å²) in [6.07, 6.45) is -0.964. The van der Waals surface area contributed by atoms with E-state index in [2.05, 4.69) is 27.9 Å². The van der Waals surface area contributed by atoms with Gasteiger partial charge in [0, 0.05) is 26.2 Å². The van der Waals surface area contributed by atoms with Gasteiger partial charge in [-0.25, -0.2) is 4.79 Å². The van der Waals surface area contributed by atoms with Gasteiger partial charge in [0.2, 0.25) is 11.2 Å². The van der Waals surface area contributed by atoms with Gasteiger partial charge in [0.15, 0.2) is 11.2 Å². The number of hydrogen-bond acceptors (Lipinski definition) is 6. The molecule has 1 aliphatic heterocycles. The van der Waals surface area contributed by atoms with Gasteiger partial charge in [-0.3, -0.25) is 13.9 Å². The van der Waals surface area contributed by atoms with Crippen molar-refractivity contribution in [1.82, 2.24) is 24.0 Å². The van der Waals surface area contributed by atoms with Crippen LogP contribution in [-0.2, 0) is 13.1 Å². The molecule has 1 saturated heterocycles. The summed E-state index contributed by atoms with van der Waals surface area (Å²) in [5, 5.41) is 18.6. The lowest BCUT2D eigenvalue weighted by atomic mass is 10.1. The number of piperazine rings is 1. The van der Waals surface area contributed by atoms with Crippen molar-refractivity contribution in [2.45, 2.75) is 20.0 Å². The Labute approximate surface area is 194 Å². The molecule has 1 aliphatic rings. The molecule has 1 N–H and O–H groups in total. The van der Waals surface area contributed by atoms with Crippen LogP contribution in [-0.4, -0.2) is 61.4 Å². The van der Waals surface area contributed by atoms with Crippen LogP contribution in [0, 0.1) is 23.2 Å². The highest BCUT2D eigenvalue weighted by Gasteiger charge is 2.26. The van der Waals surface area contributed by atoms with Gasteiger partial charge in [-0.2, -0.15) is 15.2 Å². The lowest BCUT2D eigenvalue weighted by molar-refractivity contribution is 0.142. The Kier molecular flexibility index (Phi) is 6.20. The van der Waals surface area contributed by atoms with E-state index in [4.69, 9.17) is 11.6 Å². The largest absolute Gasteiger partial charge is 0.465 e. The van der Waals surface area contributed by atoms with Crippen molar-refractivity contribution in [3.05, 3.63) is 51.0 Å².